The molecule has 1 heterocycles. The predicted molar refractivity (Wildman–Crippen MR) is 92.1 cm³/mol. The van der Waals surface area contributed by atoms with E-state index in [9.17, 15) is 9.59 Å². The Morgan fingerprint density at radius 1 is 1.39 bits per heavy atom. The summed E-state index contributed by atoms with van der Waals surface area (Å²) < 4.78 is 6.54. The Labute approximate surface area is 147 Å². The van der Waals surface area contributed by atoms with Crippen LogP contribution in [0.25, 0.3) is 10.2 Å². The summed E-state index contributed by atoms with van der Waals surface area (Å²) in [5.74, 6) is -1.60. The van der Waals surface area contributed by atoms with E-state index in [0.29, 0.717) is 9.36 Å². The lowest BCUT2D eigenvalue weighted by atomic mass is 10.1. The first-order valence-corrected chi connectivity index (χ1v) is 9.11. The van der Waals surface area contributed by atoms with E-state index in [1.54, 1.807) is 0 Å². The van der Waals surface area contributed by atoms with Crippen molar-refractivity contribution in [1.82, 2.24) is 4.98 Å². The normalized spacial score (nSPS) is 10.9. The first-order valence-electron chi connectivity index (χ1n) is 7.17. The molecule has 2 rings (SSSR count). The molecule has 0 fully saturated rings. The Morgan fingerprint density at radius 3 is 2.87 bits per heavy atom. The van der Waals surface area contributed by atoms with Gasteiger partial charge in [-0.2, -0.15) is 0 Å². The summed E-state index contributed by atoms with van der Waals surface area (Å²) in [6, 6.07) is 3.86. The first-order chi connectivity index (χ1) is 11.0. The van der Waals surface area contributed by atoms with Crippen molar-refractivity contribution in [2.75, 3.05) is 0 Å². The van der Waals surface area contributed by atoms with Crippen LogP contribution in [0.4, 0.5) is 0 Å². The van der Waals surface area contributed by atoms with E-state index in [-0.39, 0.29) is 12.8 Å². The molecule has 0 radical (unpaired) electrons. The van der Waals surface area contributed by atoms with Crippen LogP contribution in [-0.4, -0.2) is 22.0 Å². The molecule has 0 aliphatic carbocycles. The molecule has 124 valence electrons. The second-order valence-electron chi connectivity index (χ2n) is 4.93. The lowest BCUT2D eigenvalue weighted by Gasteiger charge is -2.02. The maximum absolute atomic E-state index is 11.4. The number of hydrogen-bond acceptors (Lipinski definition) is 6. The summed E-state index contributed by atoms with van der Waals surface area (Å²) in [6.07, 6.45) is 2.71. The lowest BCUT2D eigenvalue weighted by molar-refractivity contribution is -0.141. The van der Waals surface area contributed by atoms with E-state index in [1.807, 2.05) is 12.1 Å². The van der Waals surface area contributed by atoms with E-state index in [0.717, 1.165) is 47.1 Å². The van der Waals surface area contributed by atoms with Gasteiger partial charge in [0, 0.05) is 5.02 Å². The van der Waals surface area contributed by atoms with Crippen LogP contribution in [0.15, 0.2) is 16.5 Å². The van der Waals surface area contributed by atoms with E-state index >= 15 is 0 Å². The Hall–Kier alpha value is -1.31. The molecule has 1 aromatic heterocycles. The van der Waals surface area contributed by atoms with Crippen LogP contribution < -0.4 is 0 Å². The number of thiazole rings is 1. The minimum atomic E-state index is -1.03. The minimum Gasteiger partial charge on any atom is -0.481 e. The number of benzene rings is 1. The third kappa shape index (κ3) is 5.37. The molecule has 0 amide bonds. The topological polar surface area (TPSA) is 76.5 Å². The number of aryl methyl sites for hydroxylation is 1. The van der Waals surface area contributed by atoms with Crippen molar-refractivity contribution in [3.63, 3.8) is 0 Å². The van der Waals surface area contributed by atoms with Crippen molar-refractivity contribution < 1.29 is 18.9 Å². The van der Waals surface area contributed by atoms with E-state index in [2.05, 4.69) is 11.9 Å². The number of carboxylic acid groups (broad SMARTS) is 1. The number of halogens is 1. The molecule has 0 aliphatic heterocycles. The van der Waals surface area contributed by atoms with Crippen LogP contribution in [0.5, 0.6) is 0 Å². The summed E-state index contributed by atoms with van der Waals surface area (Å²) in [6.45, 7) is 2.13. The summed E-state index contributed by atoms with van der Waals surface area (Å²) in [7, 11) is 0. The van der Waals surface area contributed by atoms with Crippen molar-refractivity contribution in [2.45, 2.75) is 43.4 Å². The fourth-order valence-corrected chi connectivity index (χ4v) is 3.78. The van der Waals surface area contributed by atoms with Crippen LogP contribution in [0.1, 0.15) is 38.2 Å². The van der Waals surface area contributed by atoms with Crippen molar-refractivity contribution in [3.8, 4) is 0 Å². The third-order valence-electron chi connectivity index (χ3n) is 3.09. The molecule has 0 atom stereocenters. The zero-order valence-electron chi connectivity index (χ0n) is 12.5. The number of carbonyl (C=O) groups is 2. The molecule has 0 unspecified atom stereocenters. The number of carboxylic acids is 1. The van der Waals surface area contributed by atoms with Gasteiger partial charge in [0.15, 0.2) is 4.34 Å². The van der Waals surface area contributed by atoms with Crippen LogP contribution in [0.2, 0.25) is 5.02 Å². The Kier molecular flexibility index (Phi) is 6.68. The molecule has 1 N–H and O–H groups in total. The Bertz CT molecular complexity index is 717. The number of aromatic nitrogens is 1. The number of aliphatic carboxylic acids is 1. The molecule has 1 aromatic carbocycles. The van der Waals surface area contributed by atoms with Crippen LogP contribution in [-0.2, 0) is 20.2 Å². The molecule has 0 saturated heterocycles. The molecule has 8 heteroatoms. The highest BCUT2D eigenvalue weighted by Crippen LogP contribution is 2.34. The van der Waals surface area contributed by atoms with Gasteiger partial charge in [-0.05, 0) is 30.5 Å². The van der Waals surface area contributed by atoms with Gasteiger partial charge < -0.3 is 9.29 Å². The number of nitrogens with zero attached hydrogens (tertiary/aromatic N) is 1. The van der Waals surface area contributed by atoms with Gasteiger partial charge in [0.2, 0.25) is 0 Å². The molecule has 0 bridgehead atoms. The van der Waals surface area contributed by atoms with Gasteiger partial charge in [0.1, 0.15) is 12.0 Å². The molecule has 23 heavy (non-hydrogen) atoms. The van der Waals surface area contributed by atoms with E-state index in [1.165, 1.54) is 11.3 Å². The largest absolute Gasteiger partial charge is 0.481 e. The number of rotatable bonds is 8. The van der Waals surface area contributed by atoms with Gasteiger partial charge in [-0.25, -0.2) is 4.98 Å². The molecular weight excluding hydrogens is 358 g/mol. The Balaban J connectivity index is 2.02. The van der Waals surface area contributed by atoms with E-state index < -0.39 is 11.9 Å². The van der Waals surface area contributed by atoms with Crippen LogP contribution >= 0.6 is 35.0 Å². The van der Waals surface area contributed by atoms with Gasteiger partial charge in [0.25, 0.3) is 0 Å². The van der Waals surface area contributed by atoms with Gasteiger partial charge in [-0.3, -0.25) is 9.59 Å². The molecular formula is C15H16ClNO4S2. The molecule has 5 nitrogen and oxygen atoms in total. The van der Waals surface area contributed by atoms with Gasteiger partial charge in [-0.1, -0.05) is 24.9 Å². The maximum atomic E-state index is 11.4. The second-order valence-corrected chi connectivity index (χ2v) is 7.34. The highest BCUT2D eigenvalue weighted by atomic mass is 35.5. The summed E-state index contributed by atoms with van der Waals surface area (Å²) in [5.41, 5.74) is 1.86. The quantitative estimate of drug-likeness (QED) is 0.675. The molecule has 0 aliphatic rings. The predicted octanol–water partition coefficient (Wildman–Crippen LogP) is 4.71. The van der Waals surface area contributed by atoms with Gasteiger partial charge in [0.05, 0.1) is 23.1 Å². The van der Waals surface area contributed by atoms with Crippen molar-refractivity contribution in [2.24, 2.45) is 0 Å². The highest BCUT2D eigenvalue weighted by molar-refractivity contribution is 7.97. The summed E-state index contributed by atoms with van der Waals surface area (Å²) in [5, 5.41) is 9.22. The maximum Gasteiger partial charge on any atom is 0.318 e. The summed E-state index contributed by atoms with van der Waals surface area (Å²) in [4.78, 5) is 26.2. The fraction of sp³-hybridized carbons (Fsp3) is 0.400. The van der Waals surface area contributed by atoms with Crippen molar-refractivity contribution in [3.05, 3.63) is 22.7 Å². The SMILES string of the molecule is CCCCc1cc2sc(SOC(=O)CCC(=O)O)nc2cc1Cl. The number of carbonyl (C=O) groups excluding carboxylic acids is 1. The van der Waals surface area contributed by atoms with Crippen LogP contribution in [0.3, 0.4) is 0 Å². The molecule has 0 saturated carbocycles. The highest BCUT2D eigenvalue weighted by Gasteiger charge is 2.12. The number of unbranched alkanes of at least 4 members (excludes halogenated alkanes) is 1. The smallest absolute Gasteiger partial charge is 0.318 e. The molecule has 2 aromatic rings. The monoisotopic (exact) mass is 373 g/mol. The zero-order chi connectivity index (χ0) is 16.8. The average Bonchev–Trinajstić information content (AvgIpc) is 2.90. The zero-order valence-corrected chi connectivity index (χ0v) is 14.9. The van der Waals surface area contributed by atoms with Gasteiger partial charge in [-0.15, -0.1) is 11.3 Å². The number of fused-ring (bicyclic) bond motifs is 1. The summed E-state index contributed by atoms with van der Waals surface area (Å²) >= 11 is 8.54. The van der Waals surface area contributed by atoms with Crippen molar-refractivity contribution >= 4 is 57.1 Å². The number of hydrogen-bond donors (Lipinski definition) is 1. The fourth-order valence-electron chi connectivity index (χ4n) is 1.90. The molecule has 0 spiro atoms. The van der Waals surface area contributed by atoms with Crippen LogP contribution in [0, 0.1) is 0 Å². The first kappa shape index (κ1) is 18.0. The Morgan fingerprint density at radius 2 is 2.17 bits per heavy atom. The van der Waals surface area contributed by atoms with Gasteiger partial charge >= 0.3 is 11.9 Å². The minimum absolute atomic E-state index is 0.153. The average molecular weight is 374 g/mol. The lowest BCUT2D eigenvalue weighted by Crippen LogP contribution is -2.03. The van der Waals surface area contributed by atoms with Crippen molar-refractivity contribution in [1.29, 1.82) is 0 Å². The third-order valence-corrected chi connectivity index (χ3v) is 5.21. The second kappa shape index (κ2) is 8.52. The standard InChI is InChI=1S/C15H16ClNO4S2/c1-2-3-4-9-7-12-11(8-10(9)16)17-15(22-12)23-21-14(20)6-5-13(18)19/h7-8H,2-6H2,1H3,(H,18,19). The van der Waals surface area contributed by atoms with E-state index in [4.69, 9.17) is 20.9 Å².